The van der Waals surface area contributed by atoms with Gasteiger partial charge in [-0.15, -0.1) is 0 Å². The van der Waals surface area contributed by atoms with Crippen molar-refractivity contribution >= 4 is 5.97 Å². The van der Waals surface area contributed by atoms with Gasteiger partial charge in [0.25, 0.3) is 0 Å². The number of carbonyl (C=O) groups is 1. The van der Waals surface area contributed by atoms with Crippen molar-refractivity contribution in [3.8, 4) is 0 Å². The van der Waals surface area contributed by atoms with Crippen LogP contribution in [0.1, 0.15) is 78.1 Å². The summed E-state index contributed by atoms with van der Waals surface area (Å²) in [5, 5.41) is 0. The average molecular weight is 280 g/mol. The Kier molecular flexibility index (Phi) is 15.2. The first-order valence-electron chi connectivity index (χ1n) is 8.20. The molecule has 0 saturated carbocycles. The third-order valence-corrected chi connectivity index (χ3v) is 3.13. The summed E-state index contributed by atoms with van der Waals surface area (Å²) in [7, 11) is 0. The van der Waals surface area contributed by atoms with Crippen LogP contribution in [-0.2, 0) is 9.53 Å². The van der Waals surface area contributed by atoms with E-state index in [2.05, 4.69) is 31.2 Å². The van der Waals surface area contributed by atoms with Gasteiger partial charge in [0.2, 0.25) is 0 Å². The Hall–Kier alpha value is -1.05. The van der Waals surface area contributed by atoms with E-state index in [1.807, 2.05) is 0 Å². The van der Waals surface area contributed by atoms with Crippen molar-refractivity contribution in [2.75, 3.05) is 6.61 Å². The molecule has 0 aromatic carbocycles. The smallest absolute Gasteiger partial charge is 0.302 e. The van der Waals surface area contributed by atoms with Crippen LogP contribution in [0.4, 0.5) is 0 Å². The van der Waals surface area contributed by atoms with Crippen molar-refractivity contribution in [3.63, 3.8) is 0 Å². The summed E-state index contributed by atoms with van der Waals surface area (Å²) in [5.41, 5.74) is 0. The molecule has 20 heavy (non-hydrogen) atoms. The van der Waals surface area contributed by atoms with Gasteiger partial charge in [0, 0.05) is 6.92 Å². The Morgan fingerprint density at radius 3 is 1.95 bits per heavy atom. The Labute approximate surface area is 125 Å². The maximum Gasteiger partial charge on any atom is 0.302 e. The summed E-state index contributed by atoms with van der Waals surface area (Å²) in [6.45, 7) is 4.27. The highest BCUT2D eigenvalue weighted by Gasteiger charge is 1.92. The molecule has 0 spiro atoms. The molecule has 0 bridgehead atoms. The maximum absolute atomic E-state index is 10.5. The van der Waals surface area contributed by atoms with E-state index in [1.54, 1.807) is 0 Å². The van der Waals surface area contributed by atoms with E-state index in [1.165, 1.54) is 51.9 Å². The van der Waals surface area contributed by atoms with Gasteiger partial charge in [-0.05, 0) is 38.5 Å². The van der Waals surface area contributed by atoms with Gasteiger partial charge in [0.05, 0.1) is 6.61 Å². The standard InChI is InChI=1S/C18H32O2/c1-3-4-5-6-7-8-9-10-11-12-13-14-15-16-17-20-18(2)19/h6-7,10-11H,3-5,8-9,12-17H2,1-2H3/b7-6-,11-10+. The van der Waals surface area contributed by atoms with E-state index < -0.39 is 0 Å². The second-order valence-electron chi connectivity index (χ2n) is 5.21. The van der Waals surface area contributed by atoms with E-state index in [0.717, 1.165) is 19.3 Å². The monoisotopic (exact) mass is 280 g/mol. The first-order valence-corrected chi connectivity index (χ1v) is 8.20. The second kappa shape index (κ2) is 16.0. The van der Waals surface area contributed by atoms with Crippen LogP contribution in [0.3, 0.4) is 0 Å². The van der Waals surface area contributed by atoms with Crippen molar-refractivity contribution in [2.45, 2.75) is 78.1 Å². The lowest BCUT2D eigenvalue weighted by molar-refractivity contribution is -0.141. The first kappa shape index (κ1) is 18.9. The molecular weight excluding hydrogens is 248 g/mol. The van der Waals surface area contributed by atoms with Crippen LogP contribution in [0.2, 0.25) is 0 Å². The summed E-state index contributed by atoms with van der Waals surface area (Å²) in [5.74, 6) is -0.170. The second-order valence-corrected chi connectivity index (χ2v) is 5.21. The Morgan fingerprint density at radius 2 is 1.35 bits per heavy atom. The molecule has 0 amide bonds. The maximum atomic E-state index is 10.5. The number of carbonyl (C=O) groups excluding carboxylic acids is 1. The molecule has 2 nitrogen and oxygen atoms in total. The minimum Gasteiger partial charge on any atom is -0.466 e. The summed E-state index contributed by atoms with van der Waals surface area (Å²) in [6, 6.07) is 0. The molecule has 0 aliphatic carbocycles. The highest BCUT2D eigenvalue weighted by molar-refractivity contribution is 5.65. The molecule has 0 aliphatic rings. The van der Waals surface area contributed by atoms with E-state index >= 15 is 0 Å². The summed E-state index contributed by atoms with van der Waals surface area (Å²) in [6.07, 6.45) is 21.1. The molecule has 0 saturated heterocycles. The first-order chi connectivity index (χ1) is 9.77. The minimum atomic E-state index is -0.170. The van der Waals surface area contributed by atoms with E-state index in [-0.39, 0.29) is 5.97 Å². The fourth-order valence-corrected chi connectivity index (χ4v) is 1.92. The van der Waals surface area contributed by atoms with Crippen LogP contribution in [0.25, 0.3) is 0 Å². The Bertz CT molecular complexity index is 267. The minimum absolute atomic E-state index is 0.170. The molecule has 0 unspecified atom stereocenters. The fraction of sp³-hybridized carbons (Fsp3) is 0.722. The number of allylic oxidation sites excluding steroid dienone is 4. The SMILES string of the molecule is CCCC/C=C\CC/C=C/CCCCCCOC(C)=O. The Morgan fingerprint density at radius 1 is 0.800 bits per heavy atom. The molecule has 2 heteroatoms. The van der Waals surface area contributed by atoms with Crippen LogP contribution >= 0.6 is 0 Å². The molecule has 0 atom stereocenters. The number of hydrogen-bond acceptors (Lipinski definition) is 2. The zero-order valence-electron chi connectivity index (χ0n) is 13.4. The predicted molar refractivity (Wildman–Crippen MR) is 86.8 cm³/mol. The van der Waals surface area contributed by atoms with Gasteiger partial charge < -0.3 is 4.74 Å². The lowest BCUT2D eigenvalue weighted by atomic mass is 10.1. The molecule has 0 rings (SSSR count). The highest BCUT2D eigenvalue weighted by Crippen LogP contribution is 2.05. The molecule has 0 N–H and O–H groups in total. The molecule has 0 aromatic heterocycles. The zero-order valence-corrected chi connectivity index (χ0v) is 13.4. The lowest BCUT2D eigenvalue weighted by Gasteiger charge is -2.00. The average Bonchev–Trinajstić information content (AvgIpc) is 2.43. The number of ether oxygens (including phenoxy) is 1. The largest absolute Gasteiger partial charge is 0.466 e. The van der Waals surface area contributed by atoms with Crippen molar-refractivity contribution in [2.24, 2.45) is 0 Å². The molecule has 0 aromatic rings. The van der Waals surface area contributed by atoms with Gasteiger partial charge >= 0.3 is 5.97 Å². The molecule has 0 aliphatic heterocycles. The van der Waals surface area contributed by atoms with Crippen LogP contribution in [-0.4, -0.2) is 12.6 Å². The molecule has 0 radical (unpaired) electrons. The van der Waals surface area contributed by atoms with Crippen molar-refractivity contribution in [1.29, 1.82) is 0 Å². The van der Waals surface area contributed by atoms with Gasteiger partial charge in [-0.2, -0.15) is 0 Å². The number of esters is 1. The van der Waals surface area contributed by atoms with E-state index in [4.69, 9.17) is 4.74 Å². The zero-order chi connectivity index (χ0) is 14.9. The molecule has 0 heterocycles. The van der Waals surface area contributed by atoms with Crippen LogP contribution in [0, 0.1) is 0 Å². The molecule has 0 fully saturated rings. The predicted octanol–water partition coefficient (Wildman–Crippen LogP) is 5.58. The van der Waals surface area contributed by atoms with Gasteiger partial charge in [-0.1, -0.05) is 56.9 Å². The summed E-state index contributed by atoms with van der Waals surface area (Å²) >= 11 is 0. The van der Waals surface area contributed by atoms with Crippen LogP contribution in [0.15, 0.2) is 24.3 Å². The third kappa shape index (κ3) is 16.9. The normalized spacial score (nSPS) is 11.5. The molecular formula is C18H32O2. The van der Waals surface area contributed by atoms with Crippen LogP contribution < -0.4 is 0 Å². The Balaban J connectivity index is 3.16. The lowest BCUT2D eigenvalue weighted by Crippen LogP contribution is -1.99. The number of hydrogen-bond donors (Lipinski definition) is 0. The third-order valence-electron chi connectivity index (χ3n) is 3.13. The molecule has 116 valence electrons. The fourth-order valence-electron chi connectivity index (χ4n) is 1.92. The van der Waals surface area contributed by atoms with Gasteiger partial charge in [0.15, 0.2) is 0 Å². The topological polar surface area (TPSA) is 26.3 Å². The number of unbranched alkanes of at least 4 members (excludes halogenated alkanes) is 7. The highest BCUT2D eigenvalue weighted by atomic mass is 16.5. The van der Waals surface area contributed by atoms with E-state index in [9.17, 15) is 4.79 Å². The van der Waals surface area contributed by atoms with Crippen molar-refractivity contribution < 1.29 is 9.53 Å². The van der Waals surface area contributed by atoms with Gasteiger partial charge in [0.1, 0.15) is 0 Å². The van der Waals surface area contributed by atoms with Gasteiger partial charge in [-0.25, -0.2) is 0 Å². The van der Waals surface area contributed by atoms with E-state index in [0.29, 0.717) is 6.61 Å². The summed E-state index contributed by atoms with van der Waals surface area (Å²) in [4.78, 5) is 10.5. The summed E-state index contributed by atoms with van der Waals surface area (Å²) < 4.78 is 4.89. The quantitative estimate of drug-likeness (QED) is 0.250. The number of rotatable bonds is 13. The van der Waals surface area contributed by atoms with Gasteiger partial charge in [-0.3, -0.25) is 4.79 Å². The van der Waals surface area contributed by atoms with Crippen molar-refractivity contribution in [3.05, 3.63) is 24.3 Å². The van der Waals surface area contributed by atoms with Crippen molar-refractivity contribution in [1.82, 2.24) is 0 Å². The van der Waals surface area contributed by atoms with Crippen LogP contribution in [0.5, 0.6) is 0 Å².